The van der Waals surface area contributed by atoms with E-state index >= 15 is 0 Å². The lowest BCUT2D eigenvalue weighted by molar-refractivity contribution is -0.144. The molecule has 2 aliphatic rings. The number of benzene rings is 1. The van der Waals surface area contributed by atoms with Crippen molar-refractivity contribution in [2.75, 3.05) is 6.61 Å². The second-order valence-corrected chi connectivity index (χ2v) is 6.68. The van der Waals surface area contributed by atoms with Gasteiger partial charge in [0.1, 0.15) is 0 Å². The lowest BCUT2D eigenvalue weighted by Crippen LogP contribution is -2.08. The molecule has 1 heterocycles. The lowest BCUT2D eigenvalue weighted by Gasteiger charge is -2.00. The van der Waals surface area contributed by atoms with Gasteiger partial charge in [-0.2, -0.15) is 5.10 Å². The number of rotatable bonds is 6. The van der Waals surface area contributed by atoms with Gasteiger partial charge in [-0.15, -0.1) is 0 Å². The number of aromatic nitrogens is 2. The average molecular weight is 310 g/mol. The molecule has 0 spiro atoms. The molecule has 4 rings (SSSR count). The highest BCUT2D eigenvalue weighted by Crippen LogP contribution is 2.60. The van der Waals surface area contributed by atoms with E-state index in [0.717, 1.165) is 18.0 Å². The number of nitrogens with zero attached hydrogens (tertiary/aromatic N) is 2. The van der Waals surface area contributed by atoms with Crippen LogP contribution in [0.15, 0.2) is 42.7 Å². The summed E-state index contributed by atoms with van der Waals surface area (Å²) in [5.41, 5.74) is 2.38. The molecule has 0 amide bonds. The van der Waals surface area contributed by atoms with Crippen LogP contribution in [-0.4, -0.2) is 22.4 Å². The zero-order chi connectivity index (χ0) is 15.8. The first-order valence-corrected chi connectivity index (χ1v) is 8.52. The van der Waals surface area contributed by atoms with Crippen molar-refractivity contribution in [2.45, 2.75) is 38.1 Å². The van der Waals surface area contributed by atoms with Crippen LogP contribution in [0.1, 0.15) is 42.7 Å². The van der Waals surface area contributed by atoms with Gasteiger partial charge in [0.15, 0.2) is 0 Å². The van der Waals surface area contributed by atoms with E-state index < -0.39 is 0 Å². The van der Waals surface area contributed by atoms with Crippen LogP contribution in [0.2, 0.25) is 0 Å². The molecule has 2 fully saturated rings. The fourth-order valence-electron chi connectivity index (χ4n) is 3.56. The molecular formula is C19H22N2O2. The molecule has 0 bridgehead atoms. The van der Waals surface area contributed by atoms with E-state index in [0.29, 0.717) is 6.61 Å². The lowest BCUT2D eigenvalue weighted by atomic mass is 10.1. The van der Waals surface area contributed by atoms with Crippen LogP contribution in [0.25, 0.3) is 0 Å². The summed E-state index contributed by atoms with van der Waals surface area (Å²) in [6, 6.07) is 10.3. The third-order valence-electron chi connectivity index (χ3n) is 4.94. The van der Waals surface area contributed by atoms with Crippen molar-refractivity contribution < 1.29 is 9.53 Å². The number of hydrogen-bond donors (Lipinski definition) is 0. The molecule has 23 heavy (non-hydrogen) atoms. The summed E-state index contributed by atoms with van der Waals surface area (Å²) < 4.78 is 7.32. The molecule has 120 valence electrons. The average Bonchev–Trinajstić information content (AvgIpc) is 3.46. The fourth-order valence-corrected chi connectivity index (χ4v) is 3.56. The minimum atomic E-state index is -0.0821. The third kappa shape index (κ3) is 2.90. The van der Waals surface area contributed by atoms with Crippen LogP contribution in [0.5, 0.6) is 0 Å². The van der Waals surface area contributed by atoms with Gasteiger partial charge in [0.05, 0.1) is 18.7 Å². The number of ether oxygens (including phenoxy) is 1. The van der Waals surface area contributed by atoms with Crippen molar-refractivity contribution in [2.24, 2.45) is 11.8 Å². The number of carbonyl (C=O) groups excluding carboxylic acids is 1. The van der Waals surface area contributed by atoms with Gasteiger partial charge >= 0.3 is 5.97 Å². The number of esters is 1. The predicted octanol–water partition coefficient (Wildman–Crippen LogP) is 3.35. The normalized spacial score (nSPS) is 26.0. The summed E-state index contributed by atoms with van der Waals surface area (Å²) in [6.45, 7) is 3.30. The molecular weight excluding hydrogens is 288 g/mol. The van der Waals surface area contributed by atoms with Crippen LogP contribution in [0, 0.1) is 11.8 Å². The largest absolute Gasteiger partial charge is 0.466 e. The summed E-state index contributed by atoms with van der Waals surface area (Å²) in [5, 5.41) is 4.49. The Balaban J connectivity index is 1.56. The van der Waals surface area contributed by atoms with Gasteiger partial charge in [-0.05, 0) is 36.8 Å². The third-order valence-corrected chi connectivity index (χ3v) is 4.94. The smallest absolute Gasteiger partial charge is 0.310 e. The van der Waals surface area contributed by atoms with Crippen molar-refractivity contribution >= 4 is 5.97 Å². The Morgan fingerprint density at radius 3 is 2.65 bits per heavy atom. The molecule has 0 radical (unpaired) electrons. The topological polar surface area (TPSA) is 44.1 Å². The summed E-state index contributed by atoms with van der Waals surface area (Å²) >= 11 is 0. The van der Waals surface area contributed by atoms with Gasteiger partial charge in [-0.25, -0.2) is 0 Å². The van der Waals surface area contributed by atoms with E-state index in [9.17, 15) is 4.79 Å². The highest BCUT2D eigenvalue weighted by Gasteiger charge is 2.57. The number of carbonyl (C=O) groups is 1. The van der Waals surface area contributed by atoms with E-state index in [-0.39, 0.29) is 23.7 Å². The summed E-state index contributed by atoms with van der Waals surface area (Å²) in [6.07, 6.45) is 6.69. The van der Waals surface area contributed by atoms with E-state index in [1.165, 1.54) is 18.4 Å². The van der Waals surface area contributed by atoms with Crippen molar-refractivity contribution in [1.29, 1.82) is 0 Å². The van der Waals surface area contributed by atoms with E-state index in [1.54, 1.807) is 0 Å². The molecule has 2 aromatic rings. The van der Waals surface area contributed by atoms with Gasteiger partial charge in [0.2, 0.25) is 0 Å². The monoisotopic (exact) mass is 310 g/mol. The molecule has 2 aliphatic carbocycles. The van der Waals surface area contributed by atoms with Gasteiger partial charge in [0.25, 0.3) is 0 Å². The quantitative estimate of drug-likeness (QED) is 0.769. The maximum Gasteiger partial charge on any atom is 0.310 e. The molecule has 0 saturated heterocycles. The van der Waals surface area contributed by atoms with E-state index in [1.807, 2.05) is 36.0 Å². The number of hydrogen-bond acceptors (Lipinski definition) is 3. The maximum atomic E-state index is 12.3. The molecule has 0 aliphatic heterocycles. The van der Waals surface area contributed by atoms with Gasteiger partial charge < -0.3 is 4.74 Å². The van der Waals surface area contributed by atoms with E-state index in [2.05, 4.69) is 23.4 Å². The first-order chi connectivity index (χ1) is 11.3. The molecule has 1 aromatic carbocycles. The van der Waals surface area contributed by atoms with Crippen molar-refractivity contribution in [1.82, 2.24) is 9.78 Å². The van der Waals surface area contributed by atoms with Crippen LogP contribution < -0.4 is 0 Å². The summed E-state index contributed by atoms with van der Waals surface area (Å²) in [7, 11) is 0. The second-order valence-electron chi connectivity index (χ2n) is 6.68. The summed E-state index contributed by atoms with van der Waals surface area (Å²) in [5.74, 6) is 1.06. The molecule has 4 heteroatoms. The second kappa shape index (κ2) is 5.84. The standard InChI is InChI=1S/C19H22N2O2/c1-2-23-19(22)18-16(14-6-4-3-5-7-14)17(18)15-10-20-21(12-15)11-13-8-9-13/h3-7,10,12-13,16-18H,2,8-9,11H2,1H3/t16-,17-,18-/m1/s1. The molecule has 1 aromatic heterocycles. The van der Waals surface area contributed by atoms with Crippen molar-refractivity contribution in [3.8, 4) is 0 Å². The molecule has 2 saturated carbocycles. The van der Waals surface area contributed by atoms with Crippen molar-refractivity contribution in [3.05, 3.63) is 53.9 Å². The first kappa shape index (κ1) is 14.5. The Kier molecular flexibility index (Phi) is 3.68. The first-order valence-electron chi connectivity index (χ1n) is 8.52. The van der Waals surface area contributed by atoms with Crippen LogP contribution in [0.3, 0.4) is 0 Å². The Morgan fingerprint density at radius 1 is 1.22 bits per heavy atom. The highest BCUT2D eigenvalue weighted by molar-refractivity contribution is 5.80. The van der Waals surface area contributed by atoms with Gasteiger partial charge in [0, 0.05) is 24.6 Å². The maximum absolute atomic E-state index is 12.3. The Labute approximate surface area is 136 Å². The zero-order valence-corrected chi connectivity index (χ0v) is 13.4. The fraction of sp³-hybridized carbons (Fsp3) is 0.474. The van der Waals surface area contributed by atoms with Crippen LogP contribution >= 0.6 is 0 Å². The Bertz CT molecular complexity index is 690. The Morgan fingerprint density at radius 2 is 1.96 bits per heavy atom. The predicted molar refractivity (Wildman–Crippen MR) is 87.0 cm³/mol. The SMILES string of the molecule is CCOC(=O)[C@@H]1[C@H](c2ccccc2)[C@H]1c1cnn(CC2CC2)c1. The van der Waals surface area contributed by atoms with Gasteiger partial charge in [-0.3, -0.25) is 9.48 Å². The minimum absolute atomic E-state index is 0.0732. The van der Waals surface area contributed by atoms with E-state index in [4.69, 9.17) is 4.74 Å². The summed E-state index contributed by atoms with van der Waals surface area (Å²) in [4.78, 5) is 12.3. The molecule has 4 nitrogen and oxygen atoms in total. The van der Waals surface area contributed by atoms with Crippen LogP contribution in [0.4, 0.5) is 0 Å². The van der Waals surface area contributed by atoms with Gasteiger partial charge in [-0.1, -0.05) is 30.3 Å². The highest BCUT2D eigenvalue weighted by atomic mass is 16.5. The molecule has 3 atom stereocenters. The van der Waals surface area contributed by atoms with Crippen molar-refractivity contribution in [3.63, 3.8) is 0 Å². The minimum Gasteiger partial charge on any atom is -0.466 e. The molecule has 0 unspecified atom stereocenters. The zero-order valence-electron chi connectivity index (χ0n) is 13.4. The Hall–Kier alpha value is -2.10. The molecule has 0 N–H and O–H groups in total. The van der Waals surface area contributed by atoms with Crippen LogP contribution in [-0.2, 0) is 16.1 Å².